The summed E-state index contributed by atoms with van der Waals surface area (Å²) in [5, 5.41) is 7.02. The molecule has 0 atom stereocenters. The second-order valence-corrected chi connectivity index (χ2v) is 4.45. The molecule has 0 fully saturated rings. The zero-order valence-corrected chi connectivity index (χ0v) is 12.4. The van der Waals surface area contributed by atoms with E-state index in [9.17, 15) is 4.79 Å². The van der Waals surface area contributed by atoms with Crippen molar-refractivity contribution in [2.75, 3.05) is 14.2 Å². The summed E-state index contributed by atoms with van der Waals surface area (Å²) in [6, 6.07) is 5.10. The molecule has 1 N–H and O–H groups in total. The molecule has 6 heteroatoms. The van der Waals surface area contributed by atoms with Gasteiger partial charge in [0.25, 0.3) is 5.91 Å². The van der Waals surface area contributed by atoms with Crippen LogP contribution in [-0.4, -0.2) is 29.9 Å². The number of amides is 1. The molecule has 1 aromatic heterocycles. The van der Waals surface area contributed by atoms with Crippen molar-refractivity contribution in [3.63, 3.8) is 0 Å². The lowest BCUT2D eigenvalue weighted by Crippen LogP contribution is -2.23. The molecule has 1 heterocycles. The highest BCUT2D eigenvalue weighted by Gasteiger charge is 2.13. The van der Waals surface area contributed by atoms with Crippen LogP contribution in [0.3, 0.4) is 0 Å². The van der Waals surface area contributed by atoms with Gasteiger partial charge in [0.1, 0.15) is 11.5 Å². The number of hydrogen-bond acceptors (Lipinski definition) is 4. The van der Waals surface area contributed by atoms with E-state index in [-0.39, 0.29) is 5.91 Å². The minimum absolute atomic E-state index is 0.196. The van der Waals surface area contributed by atoms with E-state index in [1.54, 1.807) is 31.5 Å². The Morgan fingerprint density at radius 3 is 2.76 bits per heavy atom. The Balaban J connectivity index is 2.06. The number of nitrogens with one attached hydrogen (secondary N) is 1. The van der Waals surface area contributed by atoms with Crippen LogP contribution in [0, 0.1) is 0 Å². The van der Waals surface area contributed by atoms with Crippen molar-refractivity contribution in [2.45, 2.75) is 20.0 Å². The predicted octanol–water partition coefficient (Wildman–Crippen LogP) is 1.85. The summed E-state index contributed by atoms with van der Waals surface area (Å²) in [7, 11) is 3.09. The Hall–Kier alpha value is -2.50. The molecule has 1 aromatic carbocycles. The van der Waals surface area contributed by atoms with Gasteiger partial charge in [-0.25, -0.2) is 0 Å². The third-order valence-corrected chi connectivity index (χ3v) is 3.12. The van der Waals surface area contributed by atoms with Crippen molar-refractivity contribution >= 4 is 5.91 Å². The Labute approximate surface area is 123 Å². The maximum atomic E-state index is 12.2. The highest BCUT2D eigenvalue weighted by Crippen LogP contribution is 2.24. The Morgan fingerprint density at radius 1 is 1.33 bits per heavy atom. The number of nitrogens with zero attached hydrogens (tertiary/aromatic N) is 2. The first-order valence-electron chi connectivity index (χ1n) is 6.69. The fraction of sp³-hybridized carbons (Fsp3) is 0.333. The molecule has 0 aliphatic carbocycles. The normalized spacial score (nSPS) is 10.2. The molecule has 2 aromatic rings. The lowest BCUT2D eigenvalue weighted by Gasteiger charge is -2.10. The van der Waals surface area contributed by atoms with E-state index in [1.165, 1.54) is 7.11 Å². The summed E-state index contributed by atoms with van der Waals surface area (Å²) in [5.74, 6) is 0.933. The molecule has 2 rings (SSSR count). The molecule has 0 saturated carbocycles. The average Bonchev–Trinajstić information content (AvgIpc) is 3.00. The number of methoxy groups -OCH3 is 2. The van der Waals surface area contributed by atoms with Gasteiger partial charge in [-0.2, -0.15) is 5.10 Å². The van der Waals surface area contributed by atoms with E-state index in [2.05, 4.69) is 10.4 Å². The van der Waals surface area contributed by atoms with Gasteiger partial charge in [0.05, 0.1) is 26.0 Å². The number of rotatable bonds is 6. The van der Waals surface area contributed by atoms with E-state index >= 15 is 0 Å². The van der Waals surface area contributed by atoms with E-state index in [0.717, 1.165) is 12.1 Å². The maximum Gasteiger partial charge on any atom is 0.255 e. The van der Waals surface area contributed by atoms with Crippen molar-refractivity contribution in [1.29, 1.82) is 0 Å². The third-order valence-electron chi connectivity index (χ3n) is 3.12. The van der Waals surface area contributed by atoms with Crippen molar-refractivity contribution in [1.82, 2.24) is 15.1 Å². The van der Waals surface area contributed by atoms with E-state index in [4.69, 9.17) is 9.47 Å². The fourth-order valence-corrected chi connectivity index (χ4v) is 1.93. The predicted molar refractivity (Wildman–Crippen MR) is 78.6 cm³/mol. The molecule has 0 bridgehead atoms. The number of ether oxygens (including phenoxy) is 2. The van der Waals surface area contributed by atoms with E-state index in [1.807, 2.05) is 17.8 Å². The molecule has 0 aliphatic rings. The Morgan fingerprint density at radius 2 is 2.14 bits per heavy atom. The molecule has 0 saturated heterocycles. The smallest absolute Gasteiger partial charge is 0.255 e. The summed E-state index contributed by atoms with van der Waals surface area (Å²) in [6.45, 7) is 3.24. The van der Waals surface area contributed by atoms with Gasteiger partial charge in [0.2, 0.25) is 0 Å². The van der Waals surface area contributed by atoms with Crippen LogP contribution in [0.2, 0.25) is 0 Å². The van der Waals surface area contributed by atoms with Crippen LogP contribution in [0.25, 0.3) is 0 Å². The van der Waals surface area contributed by atoms with Crippen molar-refractivity contribution in [2.24, 2.45) is 0 Å². The van der Waals surface area contributed by atoms with Crippen LogP contribution in [0.15, 0.2) is 30.6 Å². The summed E-state index contributed by atoms with van der Waals surface area (Å²) >= 11 is 0. The van der Waals surface area contributed by atoms with Gasteiger partial charge in [-0.15, -0.1) is 0 Å². The number of benzene rings is 1. The topological polar surface area (TPSA) is 65.4 Å². The van der Waals surface area contributed by atoms with Gasteiger partial charge in [0, 0.05) is 30.9 Å². The molecule has 0 aliphatic heterocycles. The van der Waals surface area contributed by atoms with Crippen LogP contribution in [-0.2, 0) is 13.1 Å². The van der Waals surface area contributed by atoms with E-state index in [0.29, 0.717) is 23.6 Å². The zero-order valence-electron chi connectivity index (χ0n) is 12.4. The largest absolute Gasteiger partial charge is 0.497 e. The lowest BCUT2D eigenvalue weighted by molar-refractivity contribution is 0.0948. The van der Waals surface area contributed by atoms with Gasteiger partial charge in [0.15, 0.2) is 0 Å². The summed E-state index contributed by atoms with van der Waals surface area (Å²) in [4.78, 5) is 12.2. The maximum absolute atomic E-state index is 12.2. The number of carbonyl (C=O) groups excluding carboxylic acids is 1. The minimum Gasteiger partial charge on any atom is -0.497 e. The van der Waals surface area contributed by atoms with Crippen molar-refractivity contribution in [3.8, 4) is 11.5 Å². The monoisotopic (exact) mass is 289 g/mol. The quantitative estimate of drug-likeness (QED) is 0.881. The first kappa shape index (κ1) is 14.9. The highest BCUT2D eigenvalue weighted by molar-refractivity contribution is 5.97. The van der Waals surface area contributed by atoms with Crippen molar-refractivity contribution < 1.29 is 14.3 Å². The molecule has 0 radical (unpaired) electrons. The van der Waals surface area contributed by atoms with Gasteiger partial charge in [-0.05, 0) is 19.1 Å². The Kier molecular flexibility index (Phi) is 4.81. The van der Waals surface area contributed by atoms with Crippen molar-refractivity contribution in [3.05, 3.63) is 41.7 Å². The van der Waals surface area contributed by atoms with Crippen LogP contribution in [0.1, 0.15) is 22.8 Å². The molecule has 112 valence electrons. The molecule has 1 amide bonds. The number of aryl methyl sites for hydroxylation is 1. The highest BCUT2D eigenvalue weighted by atomic mass is 16.5. The molecular formula is C15H19N3O3. The number of carbonyl (C=O) groups is 1. The van der Waals surface area contributed by atoms with Gasteiger partial charge >= 0.3 is 0 Å². The number of aromatic nitrogens is 2. The third kappa shape index (κ3) is 3.53. The second kappa shape index (κ2) is 6.78. The second-order valence-electron chi connectivity index (χ2n) is 4.45. The van der Waals surface area contributed by atoms with Crippen LogP contribution in [0.4, 0.5) is 0 Å². The minimum atomic E-state index is -0.196. The molecule has 0 unspecified atom stereocenters. The fourth-order valence-electron chi connectivity index (χ4n) is 1.93. The Bertz CT molecular complexity index is 622. The summed E-state index contributed by atoms with van der Waals surface area (Å²) < 4.78 is 12.2. The SMILES string of the molecule is CCn1cc(CNC(=O)c2ccc(OC)cc2OC)cn1. The van der Waals surface area contributed by atoms with E-state index < -0.39 is 0 Å². The zero-order chi connectivity index (χ0) is 15.2. The van der Waals surface area contributed by atoms with Crippen LogP contribution in [0.5, 0.6) is 11.5 Å². The summed E-state index contributed by atoms with van der Waals surface area (Å²) in [6.07, 6.45) is 3.65. The van der Waals surface area contributed by atoms with Crippen LogP contribution >= 0.6 is 0 Å². The standard InChI is InChI=1S/C15H19N3O3/c1-4-18-10-11(9-17-18)8-16-15(19)13-6-5-12(20-2)7-14(13)21-3/h5-7,9-10H,4,8H2,1-3H3,(H,16,19). The van der Waals surface area contributed by atoms with Gasteiger partial charge in [-0.1, -0.05) is 0 Å². The van der Waals surface area contributed by atoms with Crippen LogP contribution < -0.4 is 14.8 Å². The first-order valence-corrected chi connectivity index (χ1v) is 6.69. The number of hydrogen-bond donors (Lipinski definition) is 1. The van der Waals surface area contributed by atoms with Gasteiger partial charge < -0.3 is 14.8 Å². The molecule has 0 spiro atoms. The molecular weight excluding hydrogens is 270 g/mol. The first-order chi connectivity index (χ1) is 10.2. The summed E-state index contributed by atoms with van der Waals surface area (Å²) in [5.41, 5.74) is 1.43. The van der Waals surface area contributed by atoms with Gasteiger partial charge in [-0.3, -0.25) is 9.48 Å². The average molecular weight is 289 g/mol. The molecule has 21 heavy (non-hydrogen) atoms. The molecule has 6 nitrogen and oxygen atoms in total. The lowest BCUT2D eigenvalue weighted by atomic mass is 10.1.